The van der Waals surface area contributed by atoms with Gasteiger partial charge in [0.25, 0.3) is 0 Å². The van der Waals surface area contributed by atoms with E-state index in [0.29, 0.717) is 11.1 Å². The van der Waals surface area contributed by atoms with Crippen LogP contribution < -0.4 is 32.3 Å². The van der Waals surface area contributed by atoms with Crippen molar-refractivity contribution in [3.05, 3.63) is 59.7 Å². The first-order chi connectivity index (χ1) is 25.2. The molecule has 2 aromatic rings. The number of phenols is 2. The van der Waals surface area contributed by atoms with Gasteiger partial charge in [0.15, 0.2) is 0 Å². The molecule has 0 aromatic heterocycles. The van der Waals surface area contributed by atoms with Gasteiger partial charge in [-0.25, -0.2) is 4.79 Å². The number of nitrogens with one attached hydrogen (secondary N) is 5. The topological polar surface area (TPSA) is 327 Å². The molecule has 0 fully saturated rings. The molecular formula is C35H48N6O13. The summed E-state index contributed by atoms with van der Waals surface area (Å²) in [6.45, 7) is 5.58. The highest BCUT2D eigenvalue weighted by Gasteiger charge is 2.36. The van der Waals surface area contributed by atoms with Crippen LogP contribution in [-0.4, -0.2) is 121 Å². The van der Waals surface area contributed by atoms with Crippen molar-refractivity contribution in [1.29, 1.82) is 0 Å². The van der Waals surface area contributed by atoms with Crippen LogP contribution >= 0.6 is 0 Å². The summed E-state index contributed by atoms with van der Waals surface area (Å²) < 4.78 is 0. The zero-order valence-electron chi connectivity index (χ0n) is 30.1. The Hall–Kier alpha value is -5.79. The fourth-order valence-electron chi connectivity index (χ4n) is 4.99. The lowest BCUT2D eigenvalue weighted by atomic mass is 10.0. The molecule has 2 aromatic carbocycles. The Balaban J connectivity index is 2.36. The van der Waals surface area contributed by atoms with Crippen molar-refractivity contribution in [1.82, 2.24) is 26.6 Å². The van der Waals surface area contributed by atoms with Crippen molar-refractivity contribution < 1.29 is 64.2 Å². The second-order valence-electron chi connectivity index (χ2n) is 13.1. The first-order valence-corrected chi connectivity index (χ1v) is 16.8. The summed E-state index contributed by atoms with van der Waals surface area (Å²) in [6, 6.07) is 1.38. The summed E-state index contributed by atoms with van der Waals surface area (Å²) in [7, 11) is 0. The van der Waals surface area contributed by atoms with Crippen molar-refractivity contribution in [2.45, 2.75) is 95.4 Å². The molecule has 19 heteroatoms. The van der Waals surface area contributed by atoms with Gasteiger partial charge in [-0.15, -0.1) is 0 Å². The zero-order chi connectivity index (χ0) is 40.9. The fraction of sp³-hybridized carbons (Fsp3) is 0.457. The molecule has 13 N–H and O–H groups in total. The highest BCUT2D eigenvalue weighted by atomic mass is 16.4. The van der Waals surface area contributed by atoms with Crippen molar-refractivity contribution >= 4 is 41.5 Å². The van der Waals surface area contributed by atoms with E-state index in [1.807, 2.05) is 0 Å². The Labute approximate surface area is 310 Å². The molecule has 0 aliphatic rings. The maximum atomic E-state index is 13.7. The van der Waals surface area contributed by atoms with E-state index in [1.165, 1.54) is 55.5 Å². The van der Waals surface area contributed by atoms with Crippen LogP contribution in [-0.2, 0) is 46.4 Å². The van der Waals surface area contributed by atoms with Crippen LogP contribution in [0.2, 0.25) is 0 Å². The molecular weight excluding hydrogens is 712 g/mol. The van der Waals surface area contributed by atoms with Gasteiger partial charge >= 0.3 is 11.9 Å². The van der Waals surface area contributed by atoms with Gasteiger partial charge in [0.1, 0.15) is 47.8 Å². The number of carbonyl (C=O) groups excluding carboxylic acids is 5. The van der Waals surface area contributed by atoms with Gasteiger partial charge < -0.3 is 63.0 Å². The molecule has 8 atom stereocenters. The van der Waals surface area contributed by atoms with E-state index < -0.39 is 102 Å². The molecule has 0 aliphatic heterocycles. The number of aliphatic hydroxyl groups is 2. The van der Waals surface area contributed by atoms with Gasteiger partial charge in [-0.2, -0.15) is 0 Å². The Morgan fingerprint density at radius 2 is 0.963 bits per heavy atom. The first kappa shape index (κ1) is 44.4. The Morgan fingerprint density at radius 1 is 0.556 bits per heavy atom. The summed E-state index contributed by atoms with van der Waals surface area (Å²) in [5.74, 6) is -8.99. The molecule has 0 radical (unpaired) electrons. The van der Waals surface area contributed by atoms with Crippen molar-refractivity contribution in [2.75, 3.05) is 0 Å². The molecule has 0 spiro atoms. The monoisotopic (exact) mass is 760 g/mol. The van der Waals surface area contributed by atoms with Gasteiger partial charge in [-0.1, -0.05) is 38.1 Å². The quantitative estimate of drug-likeness (QED) is 0.0671. The minimum absolute atomic E-state index is 0.0858. The van der Waals surface area contributed by atoms with Crippen molar-refractivity contribution in [2.24, 2.45) is 11.7 Å². The summed E-state index contributed by atoms with van der Waals surface area (Å²) in [6.07, 6.45) is -4.42. The van der Waals surface area contributed by atoms with Gasteiger partial charge in [0, 0.05) is 12.8 Å². The molecule has 19 nitrogen and oxygen atoms in total. The number of nitrogens with two attached hydrogens (primary N) is 1. The maximum Gasteiger partial charge on any atom is 0.326 e. The number of phenolic OH excluding ortho intramolecular Hbond substituents is 2. The smallest absolute Gasteiger partial charge is 0.326 e. The number of rotatable bonds is 20. The highest BCUT2D eigenvalue weighted by Crippen LogP contribution is 2.14. The summed E-state index contributed by atoms with van der Waals surface area (Å²) in [5.41, 5.74) is 6.44. The van der Waals surface area contributed by atoms with Gasteiger partial charge in [0.2, 0.25) is 29.5 Å². The predicted octanol–water partition coefficient (Wildman–Crippen LogP) is -2.39. The molecule has 0 bridgehead atoms. The zero-order valence-corrected chi connectivity index (χ0v) is 30.1. The van der Waals surface area contributed by atoms with E-state index in [0.717, 1.165) is 6.92 Å². The number of benzene rings is 2. The Morgan fingerprint density at radius 3 is 1.39 bits per heavy atom. The first-order valence-electron chi connectivity index (χ1n) is 16.8. The molecule has 296 valence electrons. The maximum absolute atomic E-state index is 13.7. The SMILES string of the molecule is CC(C)[C@H](NC(=O)[C@@H](N)[C@@H](C)O)C(=O)N[C@H](C(=O)N[C@@H](Cc1ccc(O)cc1)C(=O)N[C@@H](CC(=O)O)C(=O)N[C@@H](Cc1ccc(O)cc1)C(=O)O)[C@@H](C)O. The fourth-order valence-corrected chi connectivity index (χ4v) is 4.99. The number of hydrogen-bond acceptors (Lipinski definition) is 12. The van der Waals surface area contributed by atoms with Crippen molar-refractivity contribution in [3.63, 3.8) is 0 Å². The van der Waals surface area contributed by atoms with Crippen LogP contribution in [0.1, 0.15) is 45.2 Å². The number of amides is 5. The number of carbonyl (C=O) groups is 7. The van der Waals surface area contributed by atoms with Crippen LogP contribution in [0.25, 0.3) is 0 Å². The number of aromatic hydroxyl groups is 2. The van der Waals surface area contributed by atoms with Gasteiger partial charge in [-0.3, -0.25) is 28.8 Å². The third kappa shape index (κ3) is 14.0. The van der Waals surface area contributed by atoms with E-state index >= 15 is 0 Å². The van der Waals surface area contributed by atoms with E-state index in [4.69, 9.17) is 5.73 Å². The molecule has 0 aliphatic carbocycles. The van der Waals surface area contributed by atoms with Crippen LogP contribution in [0.15, 0.2) is 48.5 Å². The normalized spacial score (nSPS) is 15.6. The highest BCUT2D eigenvalue weighted by molar-refractivity contribution is 5.97. The molecule has 5 amide bonds. The van der Waals surface area contributed by atoms with Crippen LogP contribution in [0.5, 0.6) is 11.5 Å². The van der Waals surface area contributed by atoms with E-state index in [-0.39, 0.29) is 24.3 Å². The van der Waals surface area contributed by atoms with Crippen LogP contribution in [0.4, 0.5) is 0 Å². The summed E-state index contributed by atoms with van der Waals surface area (Å²) >= 11 is 0. The molecule has 0 heterocycles. The van der Waals surface area contributed by atoms with Crippen molar-refractivity contribution in [3.8, 4) is 11.5 Å². The second-order valence-corrected chi connectivity index (χ2v) is 13.1. The van der Waals surface area contributed by atoms with Gasteiger partial charge in [0.05, 0.1) is 18.6 Å². The largest absolute Gasteiger partial charge is 0.508 e. The van der Waals surface area contributed by atoms with Crippen LogP contribution in [0.3, 0.4) is 0 Å². The average molecular weight is 761 g/mol. The lowest BCUT2D eigenvalue weighted by molar-refractivity contribution is -0.143. The lowest BCUT2D eigenvalue weighted by Crippen LogP contribution is -2.62. The molecule has 0 unspecified atom stereocenters. The van der Waals surface area contributed by atoms with Gasteiger partial charge in [-0.05, 0) is 55.2 Å². The molecule has 54 heavy (non-hydrogen) atoms. The number of hydrogen-bond donors (Lipinski definition) is 12. The molecule has 2 rings (SSSR count). The number of carboxylic acids is 2. The molecule has 0 saturated heterocycles. The Bertz CT molecular complexity index is 1630. The van der Waals surface area contributed by atoms with Crippen LogP contribution in [0, 0.1) is 5.92 Å². The van der Waals surface area contributed by atoms with E-state index in [2.05, 4.69) is 26.6 Å². The van der Waals surface area contributed by atoms with E-state index in [9.17, 15) is 64.2 Å². The number of aliphatic hydroxyl groups excluding tert-OH is 2. The average Bonchev–Trinajstić information content (AvgIpc) is 3.09. The number of aliphatic carboxylic acids is 2. The predicted molar refractivity (Wildman–Crippen MR) is 189 cm³/mol. The second kappa shape index (κ2) is 20.5. The lowest BCUT2D eigenvalue weighted by Gasteiger charge is -2.29. The summed E-state index contributed by atoms with van der Waals surface area (Å²) in [5, 5.41) is 70.2. The third-order valence-electron chi connectivity index (χ3n) is 8.14. The Kier molecular flexibility index (Phi) is 16.8. The standard InChI is InChI=1S/C35H48N6O13/c1-16(2)28(40-32(50)27(36)17(3)42)33(51)41-29(18(4)43)34(52)38-23(13-19-5-9-21(44)10-6-19)30(48)37-24(15-26(46)47)31(49)39-25(35(53)54)14-20-7-11-22(45)12-8-20/h5-12,16-18,23-25,27-29,42-45H,13-15,36H2,1-4H3,(H,37,48)(H,38,52)(H,39,49)(H,40,50)(H,41,51)(H,46,47)(H,53,54)/t17-,18-,23+,24+,25+,27+,28+,29+/m1/s1. The third-order valence-corrected chi connectivity index (χ3v) is 8.14. The van der Waals surface area contributed by atoms with E-state index in [1.54, 1.807) is 13.8 Å². The minimum Gasteiger partial charge on any atom is -0.508 e. The molecule has 0 saturated carbocycles. The number of carboxylic acid groups (broad SMARTS) is 2. The minimum atomic E-state index is -1.86. The summed E-state index contributed by atoms with van der Waals surface area (Å²) in [4.78, 5) is 90.1.